The zero-order valence-corrected chi connectivity index (χ0v) is 42.1. The monoisotopic (exact) mass is 968 g/mol. The van der Waals surface area contributed by atoms with Crippen LogP contribution >= 0.6 is 22.9 Å². The number of carbonyl (C=O) groups excluding carboxylic acids is 4. The van der Waals surface area contributed by atoms with Crippen molar-refractivity contribution in [1.29, 1.82) is 5.26 Å². The molecule has 2 heterocycles. The van der Waals surface area contributed by atoms with E-state index in [1.807, 2.05) is 64.4 Å². The number of carbonyl (C=O) groups is 4. The first-order valence-electron chi connectivity index (χ1n) is 23.2. The molecule has 16 heteroatoms. The SMILES string of the molecule is Cc1ncsc1-c1ccc([C@H](C)NC(=O)[C@@H]2C[C@@H](O)CN2C(=O)[C@@H](NC(=O)COCCCCCOc2ccc(C(=O)N[C@H]3C(C)(C)[C@H](Oc4ccc(C#N)c(Cl)c4)C3(C)C)cc2)C(C)(C)C)cc1. The Labute approximate surface area is 409 Å². The second-order valence-corrected chi connectivity index (χ2v) is 21.4. The quantitative estimate of drug-likeness (QED) is 0.0667. The van der Waals surface area contributed by atoms with Crippen molar-refractivity contribution in [2.24, 2.45) is 16.2 Å². The number of aliphatic hydroxyl groups is 1. The third kappa shape index (κ3) is 12.2. The Hall–Kier alpha value is -5.53. The molecule has 0 spiro atoms. The van der Waals surface area contributed by atoms with E-state index in [0.717, 1.165) is 34.5 Å². The minimum absolute atomic E-state index is 0.0186. The first-order chi connectivity index (χ1) is 32.1. The number of benzene rings is 3. The molecule has 364 valence electrons. The molecule has 4 aromatic rings. The predicted molar refractivity (Wildman–Crippen MR) is 262 cm³/mol. The molecule has 1 aromatic heterocycles. The maximum Gasteiger partial charge on any atom is 0.251 e. The molecule has 3 aromatic carbocycles. The van der Waals surface area contributed by atoms with Gasteiger partial charge in [0.05, 0.1) is 45.4 Å². The molecule has 4 atom stereocenters. The van der Waals surface area contributed by atoms with Gasteiger partial charge in [-0.2, -0.15) is 5.26 Å². The van der Waals surface area contributed by atoms with Crippen LogP contribution in [0.25, 0.3) is 10.4 Å². The topological polar surface area (TPSA) is 192 Å². The number of likely N-dealkylation sites (tertiary alicyclic amines) is 1. The van der Waals surface area contributed by atoms with Gasteiger partial charge in [-0.15, -0.1) is 11.3 Å². The van der Waals surface area contributed by atoms with Crippen molar-refractivity contribution in [3.8, 4) is 28.0 Å². The number of aryl methyl sites for hydroxylation is 1. The van der Waals surface area contributed by atoms with Crippen LogP contribution in [-0.2, 0) is 19.1 Å². The molecule has 6 rings (SSSR count). The zero-order valence-electron chi connectivity index (χ0n) is 40.5. The third-order valence-corrected chi connectivity index (χ3v) is 14.3. The van der Waals surface area contributed by atoms with E-state index in [0.29, 0.717) is 47.3 Å². The molecule has 14 nitrogen and oxygen atoms in total. The fraction of sp³-hybridized carbons (Fsp3) is 0.500. The van der Waals surface area contributed by atoms with Crippen molar-refractivity contribution in [3.63, 3.8) is 0 Å². The molecule has 1 saturated carbocycles. The van der Waals surface area contributed by atoms with E-state index in [1.165, 1.54) is 4.90 Å². The maximum atomic E-state index is 14.1. The van der Waals surface area contributed by atoms with Gasteiger partial charge < -0.3 is 40.2 Å². The molecule has 0 unspecified atom stereocenters. The summed E-state index contributed by atoms with van der Waals surface area (Å²) >= 11 is 7.81. The van der Waals surface area contributed by atoms with Gasteiger partial charge in [0.1, 0.15) is 42.4 Å². The number of nitrogens with one attached hydrogen (secondary N) is 3. The number of halogens is 1. The van der Waals surface area contributed by atoms with Crippen molar-refractivity contribution in [1.82, 2.24) is 25.8 Å². The third-order valence-electron chi connectivity index (χ3n) is 13.0. The Balaban J connectivity index is 0.887. The van der Waals surface area contributed by atoms with E-state index in [-0.39, 0.29) is 60.4 Å². The highest BCUT2D eigenvalue weighted by Gasteiger charge is 2.64. The second-order valence-electron chi connectivity index (χ2n) is 20.2. The Morgan fingerprint density at radius 3 is 2.24 bits per heavy atom. The molecule has 4 N–H and O–H groups in total. The average molecular weight is 970 g/mol. The fourth-order valence-corrected chi connectivity index (χ4v) is 10.6. The molecule has 0 radical (unpaired) electrons. The van der Waals surface area contributed by atoms with Gasteiger partial charge in [0.25, 0.3) is 5.91 Å². The molecule has 1 aliphatic heterocycles. The number of β-amino-alcohol motifs (C(OH)–C–C–N with tert-alkyl or cyclic N) is 1. The summed E-state index contributed by atoms with van der Waals surface area (Å²) in [6.45, 7) is 18.1. The summed E-state index contributed by atoms with van der Waals surface area (Å²) in [6.07, 6.45) is 1.23. The normalized spacial score (nSPS) is 20.3. The number of unbranched alkanes of at least 4 members (excludes halogenated alkanes) is 2. The van der Waals surface area contributed by atoms with E-state index in [2.05, 4.69) is 54.7 Å². The predicted octanol–water partition coefficient (Wildman–Crippen LogP) is 8.19. The lowest BCUT2D eigenvalue weighted by Gasteiger charge is -2.63. The van der Waals surface area contributed by atoms with Gasteiger partial charge in [-0.25, -0.2) is 4.98 Å². The van der Waals surface area contributed by atoms with Crippen LogP contribution in [0.5, 0.6) is 11.5 Å². The van der Waals surface area contributed by atoms with Gasteiger partial charge in [-0.3, -0.25) is 19.2 Å². The number of rotatable bonds is 19. The molecule has 1 saturated heterocycles. The van der Waals surface area contributed by atoms with Crippen LogP contribution in [0.15, 0.2) is 72.2 Å². The Morgan fingerprint density at radius 1 is 0.956 bits per heavy atom. The molecule has 2 aliphatic rings. The van der Waals surface area contributed by atoms with Crippen LogP contribution in [0.2, 0.25) is 5.02 Å². The summed E-state index contributed by atoms with van der Waals surface area (Å²) in [5.41, 5.74) is 4.13. The van der Waals surface area contributed by atoms with Crippen molar-refractivity contribution < 1.29 is 38.5 Å². The van der Waals surface area contributed by atoms with E-state index in [4.69, 9.17) is 25.8 Å². The summed E-state index contributed by atoms with van der Waals surface area (Å²) < 4.78 is 18.0. The number of amides is 4. The number of ether oxygens (including phenoxy) is 3. The highest BCUT2D eigenvalue weighted by molar-refractivity contribution is 7.13. The Morgan fingerprint density at radius 2 is 1.62 bits per heavy atom. The largest absolute Gasteiger partial charge is 0.494 e. The first kappa shape index (κ1) is 51.9. The molecule has 2 fully saturated rings. The molecule has 68 heavy (non-hydrogen) atoms. The van der Waals surface area contributed by atoms with Crippen LogP contribution in [-0.4, -0.2) is 95.3 Å². The smallest absolute Gasteiger partial charge is 0.251 e. The number of aliphatic hydroxyl groups excluding tert-OH is 1. The van der Waals surface area contributed by atoms with E-state index in [9.17, 15) is 29.5 Å². The van der Waals surface area contributed by atoms with E-state index >= 15 is 0 Å². The summed E-state index contributed by atoms with van der Waals surface area (Å²) in [5, 5.41) is 29.2. The average Bonchev–Trinajstić information content (AvgIpc) is 3.91. The lowest BCUT2D eigenvalue weighted by atomic mass is 9.49. The van der Waals surface area contributed by atoms with Gasteiger partial charge in [-0.1, -0.05) is 84.3 Å². The minimum atomic E-state index is -0.961. The van der Waals surface area contributed by atoms with Crippen molar-refractivity contribution >= 4 is 46.6 Å². The standard InChI is InChI=1S/C52H65ClN6O8S/c1-31(33-13-15-34(16-14-33)43-32(2)55-30-68-43)56-46(63)41-25-37(60)28-59(41)47(64)44(50(3,4)5)57-42(61)29-65-23-11-10-12-24-66-38-20-17-35(18-21-38)45(62)58-48-51(6,7)49(52(48,8)9)67-39-22-19-36(27-54)40(53)26-39/h13-22,26,30-31,37,41,44,48-49,60H,10-12,23-25,28-29H2,1-9H3,(H,56,63)(H,57,61)(H,58,62)/t31-,37+,41-,44+,48-,49-/m0/s1. The lowest BCUT2D eigenvalue weighted by Crippen LogP contribution is -2.74. The van der Waals surface area contributed by atoms with Crippen LogP contribution in [0.4, 0.5) is 0 Å². The van der Waals surface area contributed by atoms with Crippen molar-refractivity contribution in [3.05, 3.63) is 99.6 Å². The summed E-state index contributed by atoms with van der Waals surface area (Å²) in [4.78, 5) is 60.9. The number of aromatic nitrogens is 1. The zero-order chi connectivity index (χ0) is 49.6. The number of thiazole rings is 1. The van der Waals surface area contributed by atoms with Gasteiger partial charge in [0.2, 0.25) is 17.7 Å². The van der Waals surface area contributed by atoms with Crippen molar-refractivity contribution in [2.75, 3.05) is 26.4 Å². The van der Waals surface area contributed by atoms with Crippen LogP contribution in [0.1, 0.15) is 114 Å². The summed E-state index contributed by atoms with van der Waals surface area (Å²) in [7, 11) is 0. The van der Waals surface area contributed by atoms with Crippen LogP contribution in [0, 0.1) is 34.5 Å². The molecule has 0 bridgehead atoms. The fourth-order valence-electron chi connectivity index (χ4n) is 9.57. The summed E-state index contributed by atoms with van der Waals surface area (Å²) in [6, 6.07) is 19.7. The molecular weight excluding hydrogens is 904 g/mol. The second kappa shape index (κ2) is 21.8. The highest BCUT2D eigenvalue weighted by atomic mass is 35.5. The molecule has 1 aliphatic carbocycles. The first-order valence-corrected chi connectivity index (χ1v) is 24.4. The molecule has 4 amide bonds. The van der Waals surface area contributed by atoms with Crippen molar-refractivity contribution in [2.45, 2.75) is 124 Å². The molecular formula is C52H65ClN6O8S. The van der Waals surface area contributed by atoms with Gasteiger partial charge in [-0.05, 0) is 86.1 Å². The minimum Gasteiger partial charge on any atom is -0.494 e. The maximum absolute atomic E-state index is 14.1. The summed E-state index contributed by atoms with van der Waals surface area (Å²) in [5.74, 6) is -0.235. The highest BCUT2D eigenvalue weighted by Crippen LogP contribution is 2.55. The van der Waals surface area contributed by atoms with E-state index in [1.54, 1.807) is 53.8 Å². The van der Waals surface area contributed by atoms with Gasteiger partial charge >= 0.3 is 0 Å². The van der Waals surface area contributed by atoms with Crippen LogP contribution < -0.4 is 25.4 Å². The lowest BCUT2D eigenvalue weighted by molar-refractivity contribution is -0.164. The van der Waals surface area contributed by atoms with Crippen LogP contribution in [0.3, 0.4) is 0 Å². The van der Waals surface area contributed by atoms with E-state index < -0.39 is 35.4 Å². The van der Waals surface area contributed by atoms with Gasteiger partial charge in [0.15, 0.2) is 0 Å². The Bertz CT molecular complexity index is 2450. The Kier molecular flexibility index (Phi) is 16.6. The number of nitrogens with zero attached hydrogens (tertiary/aromatic N) is 3. The number of nitriles is 1. The van der Waals surface area contributed by atoms with Gasteiger partial charge in [0, 0.05) is 48.1 Å². The number of hydrogen-bond acceptors (Lipinski definition) is 11. The number of hydrogen-bond donors (Lipinski definition) is 4.